The monoisotopic (exact) mass is 676 g/mol. The maximum Gasteiger partial charge on any atom is 0.328 e. The Labute approximate surface area is 247 Å². The van der Waals surface area contributed by atoms with Crippen LogP contribution in [0.1, 0.15) is 12.7 Å². The van der Waals surface area contributed by atoms with Gasteiger partial charge in [0.05, 0.1) is 56.5 Å². The number of halogens is 10. The second-order valence-corrected chi connectivity index (χ2v) is 10.8. The molecule has 3 rings (SSSR count). The summed E-state index contributed by atoms with van der Waals surface area (Å²) >= 11 is 62.7. The minimum atomic E-state index is -2.67. The van der Waals surface area contributed by atoms with Crippen molar-refractivity contribution in [3.63, 3.8) is 0 Å². The minimum absolute atomic E-state index is 0.0924. The van der Waals surface area contributed by atoms with Crippen LogP contribution in [0.4, 0.5) is 0 Å². The summed E-state index contributed by atoms with van der Waals surface area (Å²) in [6, 6.07) is 0. The Bertz CT molecular complexity index is 1360. The van der Waals surface area contributed by atoms with Gasteiger partial charge in [0.1, 0.15) is 5.76 Å². The number of carbonyl (C=O) groups is 2. The van der Waals surface area contributed by atoms with Gasteiger partial charge < -0.3 is 14.6 Å². The zero-order valence-corrected chi connectivity index (χ0v) is 24.0. The van der Waals surface area contributed by atoms with Gasteiger partial charge in [-0.25, -0.2) is 0 Å². The molecule has 1 aromatic heterocycles. The van der Waals surface area contributed by atoms with Gasteiger partial charge >= 0.3 is 11.9 Å². The van der Waals surface area contributed by atoms with Crippen LogP contribution in [-0.4, -0.2) is 22.2 Å². The van der Waals surface area contributed by atoms with Gasteiger partial charge in [-0.1, -0.05) is 116 Å². The first-order chi connectivity index (χ1) is 16.1. The molecule has 0 aliphatic heterocycles. The lowest BCUT2D eigenvalue weighted by Gasteiger charge is -2.22. The highest BCUT2D eigenvalue weighted by Crippen LogP contribution is 2.56. The summed E-state index contributed by atoms with van der Waals surface area (Å²) in [7, 11) is 0. The lowest BCUT2D eigenvalue weighted by molar-refractivity contribution is -0.157. The molecular weight excluding hydrogens is 675 g/mol. The molecule has 2 aromatic carbocycles. The number of furan rings is 1. The van der Waals surface area contributed by atoms with E-state index in [1.807, 2.05) is 0 Å². The largest absolute Gasteiger partial charge is 0.480 e. The van der Waals surface area contributed by atoms with Crippen LogP contribution in [-0.2, 0) is 15.0 Å². The van der Waals surface area contributed by atoms with Gasteiger partial charge in [-0.2, -0.15) is 0 Å². The molecule has 3 aromatic rings. The first-order valence-corrected chi connectivity index (χ1v) is 12.5. The third-order valence-corrected chi connectivity index (χ3v) is 9.59. The SMILES string of the molecule is CC(C(=O)O)(C(=O)O)c1occ(-c2c(Cl)c(Cl)c(Cl)c(Cl)c2Cl)c1-c1c(Cl)c(Cl)c(Cl)c(Cl)c1Cl. The molecule has 0 saturated heterocycles. The average molecular weight is 681 g/mol. The number of carboxylic acid groups (broad SMARTS) is 2. The molecule has 1 heterocycles. The molecule has 0 atom stereocenters. The van der Waals surface area contributed by atoms with Crippen molar-refractivity contribution in [3.05, 3.63) is 62.2 Å². The number of rotatable bonds is 5. The van der Waals surface area contributed by atoms with Gasteiger partial charge in [-0.15, -0.1) is 0 Å². The number of hydrogen-bond acceptors (Lipinski definition) is 3. The predicted octanol–water partition coefficient (Wildman–Crippen LogP) is 10.6. The standard InChI is InChI=1S/C20H6Cl10O5/c1-20(18(31)32,19(33)34)17-4(6-9(23)13(27)16(30)14(28)10(6)24)3(2-35-17)5-7(21)11(25)15(29)12(26)8(5)22/h2H,1H3,(H,31,32)(H,33,34). The van der Waals surface area contributed by atoms with Crippen molar-refractivity contribution in [2.45, 2.75) is 12.3 Å². The highest BCUT2D eigenvalue weighted by molar-refractivity contribution is 6.58. The van der Waals surface area contributed by atoms with E-state index in [0.29, 0.717) is 0 Å². The highest BCUT2D eigenvalue weighted by atomic mass is 35.5. The number of benzene rings is 2. The summed E-state index contributed by atoms with van der Waals surface area (Å²) in [5, 5.41) is 17.4. The van der Waals surface area contributed by atoms with Gasteiger partial charge in [0, 0.05) is 22.3 Å². The van der Waals surface area contributed by atoms with Crippen molar-refractivity contribution < 1.29 is 24.2 Å². The molecule has 0 radical (unpaired) electrons. The Balaban J connectivity index is 2.66. The molecule has 186 valence electrons. The molecule has 0 aliphatic rings. The lowest BCUT2D eigenvalue weighted by Crippen LogP contribution is -2.40. The van der Waals surface area contributed by atoms with Crippen molar-refractivity contribution in [2.24, 2.45) is 0 Å². The summed E-state index contributed by atoms with van der Waals surface area (Å²) in [5.41, 5.74) is -3.34. The smallest absolute Gasteiger partial charge is 0.328 e. The zero-order chi connectivity index (χ0) is 26.7. The fourth-order valence-electron chi connectivity index (χ4n) is 3.11. The number of hydrogen-bond donors (Lipinski definition) is 2. The molecule has 0 spiro atoms. The third-order valence-electron chi connectivity index (χ3n) is 5.04. The van der Waals surface area contributed by atoms with Crippen LogP contribution < -0.4 is 0 Å². The number of carboxylic acids is 2. The van der Waals surface area contributed by atoms with Crippen LogP contribution in [0.2, 0.25) is 50.2 Å². The summed E-state index contributed by atoms with van der Waals surface area (Å²) in [4.78, 5) is 24.3. The van der Waals surface area contributed by atoms with E-state index in [4.69, 9.17) is 120 Å². The van der Waals surface area contributed by atoms with Crippen molar-refractivity contribution in [1.29, 1.82) is 0 Å². The van der Waals surface area contributed by atoms with Crippen LogP contribution in [0.3, 0.4) is 0 Å². The molecule has 0 aliphatic carbocycles. The predicted molar refractivity (Wildman–Crippen MR) is 142 cm³/mol. The van der Waals surface area contributed by atoms with Gasteiger partial charge in [0.25, 0.3) is 0 Å². The Morgan fingerprint density at radius 3 is 1.26 bits per heavy atom. The van der Waals surface area contributed by atoms with Gasteiger partial charge in [0.15, 0.2) is 0 Å². The normalized spacial score (nSPS) is 11.7. The van der Waals surface area contributed by atoms with Crippen molar-refractivity contribution in [3.8, 4) is 22.3 Å². The van der Waals surface area contributed by atoms with E-state index in [9.17, 15) is 19.8 Å². The summed E-state index contributed by atoms with van der Waals surface area (Å²) in [6.07, 6.45) is 0.978. The van der Waals surface area contributed by atoms with Crippen LogP contribution >= 0.6 is 116 Å². The Kier molecular flexibility index (Phi) is 8.63. The van der Waals surface area contributed by atoms with Crippen molar-refractivity contribution in [2.75, 3.05) is 0 Å². The van der Waals surface area contributed by atoms with Crippen LogP contribution in [0, 0.1) is 0 Å². The molecule has 0 amide bonds. The first-order valence-electron chi connectivity index (χ1n) is 8.72. The molecule has 0 bridgehead atoms. The number of aliphatic carboxylic acids is 2. The van der Waals surface area contributed by atoms with Gasteiger partial charge in [-0.3, -0.25) is 9.59 Å². The Hall–Kier alpha value is -0.440. The molecule has 5 nitrogen and oxygen atoms in total. The van der Waals surface area contributed by atoms with Crippen LogP contribution in [0.5, 0.6) is 0 Å². The van der Waals surface area contributed by atoms with E-state index >= 15 is 0 Å². The Morgan fingerprint density at radius 2 is 0.914 bits per heavy atom. The zero-order valence-electron chi connectivity index (χ0n) is 16.5. The molecular formula is C20H6Cl10O5. The first kappa shape index (κ1) is 29.1. The third kappa shape index (κ3) is 4.46. The topological polar surface area (TPSA) is 87.7 Å². The van der Waals surface area contributed by atoms with Crippen molar-refractivity contribution >= 4 is 128 Å². The second kappa shape index (κ2) is 10.4. The lowest BCUT2D eigenvalue weighted by atomic mass is 9.82. The fourth-order valence-corrected chi connectivity index (χ4v) is 5.78. The molecule has 35 heavy (non-hydrogen) atoms. The van der Waals surface area contributed by atoms with E-state index in [1.54, 1.807) is 0 Å². The maximum absolute atomic E-state index is 12.1. The second-order valence-electron chi connectivity index (χ2n) is 6.98. The molecule has 15 heteroatoms. The summed E-state index contributed by atoms with van der Waals surface area (Å²) < 4.78 is 5.50. The molecule has 0 unspecified atom stereocenters. The van der Waals surface area contributed by atoms with Crippen LogP contribution in [0.15, 0.2) is 10.7 Å². The highest BCUT2D eigenvalue weighted by Gasteiger charge is 2.50. The van der Waals surface area contributed by atoms with E-state index in [2.05, 4.69) is 0 Å². The van der Waals surface area contributed by atoms with Gasteiger partial charge in [-0.05, 0) is 6.92 Å². The fraction of sp³-hybridized carbons (Fsp3) is 0.100. The van der Waals surface area contributed by atoms with E-state index in [-0.39, 0.29) is 72.5 Å². The average Bonchev–Trinajstić information content (AvgIpc) is 3.22. The maximum atomic E-state index is 12.1. The Morgan fingerprint density at radius 1 is 0.600 bits per heavy atom. The summed E-state index contributed by atoms with van der Waals surface area (Å²) in [5.74, 6) is -4.19. The molecule has 0 saturated carbocycles. The van der Waals surface area contributed by atoms with Crippen LogP contribution in [0.25, 0.3) is 22.3 Å². The summed E-state index contributed by atoms with van der Waals surface area (Å²) in [6.45, 7) is 0.885. The van der Waals surface area contributed by atoms with Crippen molar-refractivity contribution in [1.82, 2.24) is 0 Å². The van der Waals surface area contributed by atoms with E-state index in [0.717, 1.165) is 13.2 Å². The molecule has 0 fully saturated rings. The van der Waals surface area contributed by atoms with E-state index < -0.39 is 23.1 Å². The quantitative estimate of drug-likeness (QED) is 0.159. The molecule has 2 N–H and O–H groups in total. The minimum Gasteiger partial charge on any atom is -0.480 e. The van der Waals surface area contributed by atoms with Gasteiger partial charge in [0.2, 0.25) is 5.41 Å². The van der Waals surface area contributed by atoms with E-state index in [1.165, 1.54) is 0 Å².